The average molecular weight is 249 g/mol. The fourth-order valence-electron chi connectivity index (χ4n) is 1.69. The Hall–Kier alpha value is -1.55. The molecule has 0 unspecified atom stereocenters. The Morgan fingerprint density at radius 3 is 2.22 bits per heavy atom. The third-order valence-electron chi connectivity index (χ3n) is 2.83. The first kappa shape index (κ1) is 14.5. The smallest absolute Gasteiger partial charge is 0.321 e. The Kier molecular flexibility index (Phi) is 6.22. The number of nitrogens with one attached hydrogen (secondary N) is 2. The van der Waals surface area contributed by atoms with Crippen LogP contribution in [0.25, 0.3) is 0 Å². The molecule has 0 aromatic heterocycles. The summed E-state index contributed by atoms with van der Waals surface area (Å²) in [4.78, 5) is 13.6. The van der Waals surface area contributed by atoms with Crippen LogP contribution in [-0.2, 0) is 6.54 Å². The van der Waals surface area contributed by atoms with E-state index in [2.05, 4.69) is 17.6 Å². The van der Waals surface area contributed by atoms with Gasteiger partial charge < -0.3 is 15.5 Å². The van der Waals surface area contributed by atoms with E-state index in [1.165, 1.54) is 5.56 Å². The summed E-state index contributed by atoms with van der Waals surface area (Å²) in [7, 11) is 0. The predicted molar refractivity (Wildman–Crippen MR) is 75.8 cm³/mol. The second-order valence-corrected chi connectivity index (χ2v) is 4.08. The number of carbonyl (C=O) groups is 1. The minimum atomic E-state index is -0.0422. The molecule has 0 spiro atoms. The molecule has 0 fully saturated rings. The van der Waals surface area contributed by atoms with Crippen molar-refractivity contribution in [1.82, 2.24) is 10.2 Å². The Balaban J connectivity index is 2.55. The monoisotopic (exact) mass is 249 g/mol. The lowest BCUT2D eigenvalue weighted by Gasteiger charge is -2.19. The van der Waals surface area contributed by atoms with Gasteiger partial charge >= 0.3 is 6.03 Å². The van der Waals surface area contributed by atoms with Gasteiger partial charge in [0.2, 0.25) is 0 Å². The van der Waals surface area contributed by atoms with Gasteiger partial charge in [-0.15, -0.1) is 0 Å². The molecule has 100 valence electrons. The molecule has 0 aliphatic heterocycles. The molecule has 18 heavy (non-hydrogen) atoms. The van der Waals surface area contributed by atoms with Gasteiger partial charge in [-0.1, -0.05) is 19.1 Å². The number of anilines is 1. The van der Waals surface area contributed by atoms with Gasteiger partial charge in [0, 0.05) is 25.3 Å². The Morgan fingerprint density at radius 2 is 1.72 bits per heavy atom. The molecule has 2 amide bonds. The number of hydrogen-bond acceptors (Lipinski definition) is 2. The van der Waals surface area contributed by atoms with E-state index in [1.807, 2.05) is 38.1 Å². The largest absolute Gasteiger partial charge is 0.325 e. The van der Waals surface area contributed by atoms with Crippen molar-refractivity contribution in [3.8, 4) is 0 Å². The van der Waals surface area contributed by atoms with Crippen molar-refractivity contribution in [2.75, 3.05) is 25.0 Å². The highest BCUT2D eigenvalue weighted by Crippen LogP contribution is 2.10. The van der Waals surface area contributed by atoms with E-state index >= 15 is 0 Å². The number of amides is 2. The van der Waals surface area contributed by atoms with Gasteiger partial charge in [0.1, 0.15) is 0 Å². The van der Waals surface area contributed by atoms with Gasteiger partial charge in [-0.05, 0) is 38.1 Å². The van der Waals surface area contributed by atoms with Crippen LogP contribution < -0.4 is 10.6 Å². The number of urea groups is 1. The van der Waals surface area contributed by atoms with Crippen LogP contribution in [0.5, 0.6) is 0 Å². The fraction of sp³-hybridized carbons (Fsp3) is 0.500. The Labute approximate surface area is 109 Å². The highest BCUT2D eigenvalue weighted by atomic mass is 16.2. The maximum atomic E-state index is 11.8. The summed E-state index contributed by atoms with van der Waals surface area (Å²) in [6, 6.07) is 7.89. The third kappa shape index (κ3) is 4.37. The summed E-state index contributed by atoms with van der Waals surface area (Å²) < 4.78 is 0. The summed E-state index contributed by atoms with van der Waals surface area (Å²) in [5, 5.41) is 6.16. The molecule has 2 N–H and O–H groups in total. The number of nitrogens with zero attached hydrogens (tertiary/aromatic N) is 1. The minimum absolute atomic E-state index is 0.0422. The lowest BCUT2D eigenvalue weighted by molar-refractivity contribution is 0.217. The van der Waals surface area contributed by atoms with E-state index in [4.69, 9.17) is 0 Å². The second kappa shape index (κ2) is 7.71. The van der Waals surface area contributed by atoms with Crippen LogP contribution in [-0.4, -0.2) is 30.6 Å². The van der Waals surface area contributed by atoms with Crippen LogP contribution in [0.2, 0.25) is 0 Å². The van der Waals surface area contributed by atoms with E-state index in [0.717, 1.165) is 31.9 Å². The molecule has 1 aromatic carbocycles. The van der Waals surface area contributed by atoms with E-state index in [-0.39, 0.29) is 6.03 Å². The van der Waals surface area contributed by atoms with Gasteiger partial charge in [-0.25, -0.2) is 4.79 Å². The zero-order valence-corrected chi connectivity index (χ0v) is 11.5. The topological polar surface area (TPSA) is 44.4 Å². The van der Waals surface area contributed by atoms with Gasteiger partial charge in [0.25, 0.3) is 0 Å². The highest BCUT2D eigenvalue weighted by Gasteiger charge is 2.08. The SMILES string of the molecule is CCNCc1ccc(NC(=O)N(CC)CC)cc1. The van der Waals surface area contributed by atoms with Crippen molar-refractivity contribution >= 4 is 11.7 Å². The first-order valence-corrected chi connectivity index (χ1v) is 6.56. The Morgan fingerprint density at radius 1 is 1.11 bits per heavy atom. The molecule has 0 saturated carbocycles. The highest BCUT2D eigenvalue weighted by molar-refractivity contribution is 5.89. The summed E-state index contributed by atoms with van der Waals surface area (Å²) >= 11 is 0. The molecular weight excluding hydrogens is 226 g/mol. The maximum absolute atomic E-state index is 11.8. The van der Waals surface area contributed by atoms with Crippen LogP contribution >= 0.6 is 0 Å². The average Bonchev–Trinajstić information content (AvgIpc) is 2.39. The molecule has 4 nitrogen and oxygen atoms in total. The number of hydrogen-bond donors (Lipinski definition) is 2. The van der Waals surface area contributed by atoms with Crippen molar-refractivity contribution in [3.63, 3.8) is 0 Å². The first-order chi connectivity index (χ1) is 8.71. The molecule has 0 saturated heterocycles. The zero-order chi connectivity index (χ0) is 13.4. The van der Waals surface area contributed by atoms with Crippen LogP contribution in [0.1, 0.15) is 26.3 Å². The normalized spacial score (nSPS) is 10.2. The lowest BCUT2D eigenvalue weighted by atomic mass is 10.2. The molecule has 0 aliphatic carbocycles. The second-order valence-electron chi connectivity index (χ2n) is 4.08. The molecule has 1 aromatic rings. The summed E-state index contributed by atoms with van der Waals surface area (Å²) in [5.41, 5.74) is 2.06. The first-order valence-electron chi connectivity index (χ1n) is 6.56. The van der Waals surface area contributed by atoms with Crippen molar-refractivity contribution in [2.24, 2.45) is 0 Å². The molecule has 0 radical (unpaired) electrons. The van der Waals surface area contributed by atoms with Gasteiger partial charge in [-0.2, -0.15) is 0 Å². The van der Waals surface area contributed by atoms with Gasteiger partial charge in [-0.3, -0.25) is 0 Å². The van der Waals surface area contributed by atoms with E-state index in [1.54, 1.807) is 4.90 Å². The molecule has 0 heterocycles. The van der Waals surface area contributed by atoms with Crippen molar-refractivity contribution in [1.29, 1.82) is 0 Å². The number of rotatable bonds is 6. The predicted octanol–water partition coefficient (Wildman–Crippen LogP) is 2.67. The number of benzene rings is 1. The van der Waals surface area contributed by atoms with Gasteiger partial charge in [0.05, 0.1) is 0 Å². The fourth-order valence-corrected chi connectivity index (χ4v) is 1.69. The maximum Gasteiger partial charge on any atom is 0.321 e. The van der Waals surface area contributed by atoms with Crippen LogP contribution in [0.3, 0.4) is 0 Å². The van der Waals surface area contributed by atoms with Crippen LogP contribution in [0.4, 0.5) is 10.5 Å². The van der Waals surface area contributed by atoms with Crippen molar-refractivity contribution in [2.45, 2.75) is 27.3 Å². The molecule has 0 atom stereocenters. The Bertz CT molecular complexity index is 358. The van der Waals surface area contributed by atoms with Gasteiger partial charge in [0.15, 0.2) is 0 Å². The van der Waals surface area contributed by atoms with Crippen LogP contribution in [0, 0.1) is 0 Å². The molecular formula is C14H23N3O. The lowest BCUT2D eigenvalue weighted by Crippen LogP contribution is -2.34. The van der Waals surface area contributed by atoms with Crippen LogP contribution in [0.15, 0.2) is 24.3 Å². The summed E-state index contributed by atoms with van der Waals surface area (Å²) in [6.45, 7) is 9.30. The van der Waals surface area contributed by atoms with Crippen molar-refractivity contribution < 1.29 is 4.79 Å². The summed E-state index contributed by atoms with van der Waals surface area (Å²) in [6.07, 6.45) is 0. The molecule has 0 bridgehead atoms. The quantitative estimate of drug-likeness (QED) is 0.814. The summed E-state index contributed by atoms with van der Waals surface area (Å²) in [5.74, 6) is 0. The minimum Gasteiger partial charge on any atom is -0.325 e. The third-order valence-corrected chi connectivity index (χ3v) is 2.83. The number of carbonyl (C=O) groups excluding carboxylic acids is 1. The zero-order valence-electron chi connectivity index (χ0n) is 11.5. The molecule has 4 heteroatoms. The molecule has 0 aliphatic rings. The van der Waals surface area contributed by atoms with E-state index in [9.17, 15) is 4.79 Å². The van der Waals surface area contributed by atoms with E-state index in [0.29, 0.717) is 0 Å². The van der Waals surface area contributed by atoms with Crippen molar-refractivity contribution in [3.05, 3.63) is 29.8 Å². The molecule has 1 rings (SSSR count). The standard InChI is InChI=1S/C14H23N3O/c1-4-15-11-12-7-9-13(10-8-12)16-14(18)17(5-2)6-3/h7-10,15H,4-6,11H2,1-3H3,(H,16,18). The van der Waals surface area contributed by atoms with E-state index < -0.39 is 0 Å².